The van der Waals surface area contributed by atoms with Gasteiger partial charge in [-0.2, -0.15) is 0 Å². The van der Waals surface area contributed by atoms with Crippen LogP contribution in [0.4, 0.5) is 10.1 Å². The van der Waals surface area contributed by atoms with E-state index < -0.39 is 22.5 Å². The number of carbonyl (C=O) groups excluding carboxylic acids is 1. The summed E-state index contributed by atoms with van der Waals surface area (Å²) < 4.78 is 25.5. The Morgan fingerprint density at radius 2 is 1.95 bits per heavy atom. The van der Waals surface area contributed by atoms with E-state index in [-0.39, 0.29) is 10.6 Å². The van der Waals surface area contributed by atoms with E-state index in [1.54, 1.807) is 24.3 Å². The molecule has 0 heterocycles. The number of halogens is 1. The van der Waals surface area contributed by atoms with Crippen LogP contribution in [0.15, 0.2) is 53.4 Å². The Hall–Kier alpha value is -2.05. The van der Waals surface area contributed by atoms with Crippen LogP contribution in [0.5, 0.6) is 0 Å². The van der Waals surface area contributed by atoms with Gasteiger partial charge < -0.3 is 11.1 Å². The Bertz CT molecular complexity index is 676. The van der Waals surface area contributed by atoms with Crippen molar-refractivity contribution >= 4 is 22.4 Å². The van der Waals surface area contributed by atoms with Gasteiger partial charge in [0.05, 0.1) is 15.7 Å². The van der Waals surface area contributed by atoms with Gasteiger partial charge in [-0.15, -0.1) is 0 Å². The Labute approximate surface area is 124 Å². The third-order valence-corrected chi connectivity index (χ3v) is 4.14. The second-order valence-corrected chi connectivity index (χ2v) is 5.79. The van der Waals surface area contributed by atoms with E-state index in [1.807, 2.05) is 6.07 Å². The quantitative estimate of drug-likeness (QED) is 0.888. The summed E-state index contributed by atoms with van der Waals surface area (Å²) >= 11 is 0. The molecule has 0 aliphatic heterocycles. The molecule has 0 aromatic heterocycles. The van der Waals surface area contributed by atoms with Gasteiger partial charge in [-0.3, -0.25) is 9.00 Å². The number of hydrogen-bond donors (Lipinski definition) is 2. The molecule has 0 fully saturated rings. The standard InChI is InChI=1S/C15H15FN2O2S/c16-13-6-1-2-7-14(13)21(20)10-15(19)18-12-5-3-4-11(8-12)9-17/h1-8H,9-10,17H2,(H,18,19). The van der Waals surface area contributed by atoms with Crippen LogP contribution in [0.25, 0.3) is 0 Å². The highest BCUT2D eigenvalue weighted by Gasteiger charge is 2.13. The minimum Gasteiger partial charge on any atom is -0.326 e. The van der Waals surface area contributed by atoms with Crippen LogP contribution in [-0.4, -0.2) is 15.9 Å². The molecule has 110 valence electrons. The molecule has 6 heteroatoms. The second-order valence-electron chi connectivity index (χ2n) is 4.37. The summed E-state index contributed by atoms with van der Waals surface area (Å²) in [5.74, 6) is -1.31. The number of carbonyl (C=O) groups is 1. The zero-order valence-electron chi connectivity index (χ0n) is 11.2. The Balaban J connectivity index is 2.01. The number of rotatable bonds is 5. The van der Waals surface area contributed by atoms with E-state index in [9.17, 15) is 13.4 Å². The van der Waals surface area contributed by atoms with Gasteiger partial charge in [0.1, 0.15) is 11.6 Å². The van der Waals surface area contributed by atoms with Crippen LogP contribution in [0.3, 0.4) is 0 Å². The molecule has 0 saturated carbocycles. The smallest absolute Gasteiger partial charge is 0.237 e. The molecule has 1 atom stereocenters. The molecule has 0 bridgehead atoms. The maximum Gasteiger partial charge on any atom is 0.237 e. The Morgan fingerprint density at radius 3 is 2.67 bits per heavy atom. The minimum atomic E-state index is -1.72. The first kappa shape index (κ1) is 15.3. The molecule has 0 radical (unpaired) electrons. The third kappa shape index (κ3) is 4.21. The van der Waals surface area contributed by atoms with Crippen molar-refractivity contribution in [1.82, 2.24) is 0 Å². The number of anilines is 1. The summed E-state index contributed by atoms with van der Waals surface area (Å²) in [4.78, 5) is 11.9. The first-order valence-electron chi connectivity index (χ1n) is 6.32. The number of nitrogens with one attached hydrogen (secondary N) is 1. The molecular weight excluding hydrogens is 291 g/mol. The SMILES string of the molecule is NCc1cccc(NC(=O)CS(=O)c2ccccc2F)c1. The lowest BCUT2D eigenvalue weighted by atomic mass is 10.2. The summed E-state index contributed by atoms with van der Waals surface area (Å²) in [6, 6.07) is 12.8. The molecule has 2 aromatic carbocycles. The zero-order valence-corrected chi connectivity index (χ0v) is 12.0. The van der Waals surface area contributed by atoms with Crippen LogP contribution in [0.2, 0.25) is 0 Å². The molecule has 1 amide bonds. The molecule has 0 aliphatic carbocycles. The summed E-state index contributed by atoms with van der Waals surface area (Å²) in [5, 5.41) is 2.63. The van der Waals surface area contributed by atoms with Gasteiger partial charge in [-0.1, -0.05) is 24.3 Å². The summed E-state index contributed by atoms with van der Waals surface area (Å²) in [6.45, 7) is 0.366. The molecule has 2 aromatic rings. The lowest BCUT2D eigenvalue weighted by molar-refractivity contribution is -0.113. The normalized spacial score (nSPS) is 11.9. The number of benzene rings is 2. The fraction of sp³-hybridized carbons (Fsp3) is 0.133. The monoisotopic (exact) mass is 306 g/mol. The van der Waals surface area contributed by atoms with E-state index in [0.717, 1.165) is 5.56 Å². The van der Waals surface area contributed by atoms with Crippen molar-refractivity contribution in [2.45, 2.75) is 11.4 Å². The van der Waals surface area contributed by atoms with Gasteiger partial charge >= 0.3 is 0 Å². The largest absolute Gasteiger partial charge is 0.326 e. The van der Waals surface area contributed by atoms with Crippen molar-refractivity contribution in [3.05, 3.63) is 59.9 Å². The van der Waals surface area contributed by atoms with Crippen LogP contribution < -0.4 is 11.1 Å². The fourth-order valence-electron chi connectivity index (χ4n) is 1.80. The van der Waals surface area contributed by atoms with E-state index in [2.05, 4.69) is 5.32 Å². The molecule has 0 saturated heterocycles. The van der Waals surface area contributed by atoms with Gasteiger partial charge in [0, 0.05) is 12.2 Å². The van der Waals surface area contributed by atoms with Crippen molar-refractivity contribution in [1.29, 1.82) is 0 Å². The van der Waals surface area contributed by atoms with Crippen LogP contribution >= 0.6 is 0 Å². The lowest BCUT2D eigenvalue weighted by Crippen LogP contribution is -2.20. The van der Waals surface area contributed by atoms with Crippen LogP contribution in [-0.2, 0) is 22.1 Å². The van der Waals surface area contributed by atoms with Crippen molar-refractivity contribution in [2.75, 3.05) is 11.1 Å². The van der Waals surface area contributed by atoms with E-state index >= 15 is 0 Å². The molecule has 1 unspecified atom stereocenters. The maximum atomic E-state index is 13.5. The van der Waals surface area contributed by atoms with Crippen LogP contribution in [0, 0.1) is 5.82 Å². The predicted octanol–water partition coefficient (Wildman–Crippen LogP) is 2.03. The molecule has 2 rings (SSSR count). The lowest BCUT2D eigenvalue weighted by Gasteiger charge is -2.07. The van der Waals surface area contributed by atoms with Crippen molar-refractivity contribution < 1.29 is 13.4 Å². The van der Waals surface area contributed by atoms with Crippen molar-refractivity contribution in [3.63, 3.8) is 0 Å². The predicted molar refractivity (Wildman–Crippen MR) is 80.6 cm³/mol. The van der Waals surface area contributed by atoms with Gasteiger partial charge in [0.15, 0.2) is 0 Å². The van der Waals surface area contributed by atoms with Gasteiger partial charge in [0.25, 0.3) is 0 Å². The molecule has 21 heavy (non-hydrogen) atoms. The topological polar surface area (TPSA) is 72.2 Å². The average Bonchev–Trinajstić information content (AvgIpc) is 2.47. The fourth-order valence-corrected chi connectivity index (χ4v) is 2.78. The highest BCUT2D eigenvalue weighted by molar-refractivity contribution is 7.85. The van der Waals surface area contributed by atoms with Gasteiger partial charge in [-0.25, -0.2) is 4.39 Å². The third-order valence-electron chi connectivity index (χ3n) is 2.79. The zero-order chi connectivity index (χ0) is 15.2. The van der Waals surface area contributed by atoms with Gasteiger partial charge in [0.2, 0.25) is 5.91 Å². The maximum absolute atomic E-state index is 13.5. The van der Waals surface area contributed by atoms with E-state index in [1.165, 1.54) is 18.2 Å². The highest BCUT2D eigenvalue weighted by atomic mass is 32.2. The summed E-state index contributed by atoms with van der Waals surface area (Å²) in [7, 11) is -1.72. The molecule has 0 spiro atoms. The van der Waals surface area contributed by atoms with Gasteiger partial charge in [-0.05, 0) is 29.8 Å². The second kappa shape index (κ2) is 7.10. The number of hydrogen-bond acceptors (Lipinski definition) is 3. The molecule has 3 N–H and O–H groups in total. The van der Waals surface area contributed by atoms with E-state index in [0.29, 0.717) is 12.2 Å². The highest BCUT2D eigenvalue weighted by Crippen LogP contribution is 2.13. The number of amides is 1. The van der Waals surface area contributed by atoms with Crippen molar-refractivity contribution in [3.8, 4) is 0 Å². The Morgan fingerprint density at radius 1 is 1.19 bits per heavy atom. The molecular formula is C15H15FN2O2S. The van der Waals surface area contributed by atoms with Crippen molar-refractivity contribution in [2.24, 2.45) is 5.73 Å². The first-order valence-corrected chi connectivity index (χ1v) is 7.64. The first-order chi connectivity index (χ1) is 10.1. The molecule has 0 aliphatic rings. The van der Waals surface area contributed by atoms with Crippen LogP contribution in [0.1, 0.15) is 5.56 Å². The minimum absolute atomic E-state index is 0.0309. The number of nitrogens with two attached hydrogens (primary N) is 1. The average molecular weight is 306 g/mol. The molecule has 4 nitrogen and oxygen atoms in total. The summed E-state index contributed by atoms with van der Waals surface area (Å²) in [6.07, 6.45) is 0. The summed E-state index contributed by atoms with van der Waals surface area (Å²) in [5.41, 5.74) is 6.97. The Kier molecular flexibility index (Phi) is 5.19. The van der Waals surface area contributed by atoms with E-state index in [4.69, 9.17) is 5.73 Å².